The van der Waals surface area contributed by atoms with Crippen molar-refractivity contribution in [1.29, 1.82) is 0 Å². The van der Waals surface area contributed by atoms with E-state index < -0.39 is 0 Å². The molecule has 0 aliphatic carbocycles. The molecule has 0 saturated carbocycles. The molecular weight excluding hydrogens is 227 g/mol. The van der Waals surface area contributed by atoms with Crippen molar-refractivity contribution in [2.75, 3.05) is 11.0 Å². The highest BCUT2D eigenvalue weighted by atomic mass is 127. The van der Waals surface area contributed by atoms with Crippen LogP contribution in [-0.2, 0) is 4.74 Å². The Morgan fingerprint density at radius 2 is 2.11 bits per heavy atom. The third kappa shape index (κ3) is 8.27. The van der Waals surface area contributed by atoms with Crippen molar-refractivity contribution in [2.24, 2.45) is 0 Å². The van der Waals surface area contributed by atoms with E-state index in [1.807, 2.05) is 0 Å². The minimum Gasteiger partial charge on any atom is -0.502 e. The first-order chi connectivity index (χ1) is 4.41. The van der Waals surface area contributed by atoms with Crippen LogP contribution in [0.15, 0.2) is 12.8 Å². The smallest absolute Gasteiger partial charge is 0.0873 e. The van der Waals surface area contributed by atoms with Crippen LogP contribution in [0.1, 0.15) is 19.3 Å². The van der Waals surface area contributed by atoms with Crippen LogP contribution in [0.3, 0.4) is 0 Å². The lowest BCUT2D eigenvalue weighted by Crippen LogP contribution is -1.86. The van der Waals surface area contributed by atoms with E-state index in [4.69, 9.17) is 4.74 Å². The Morgan fingerprint density at radius 3 is 2.67 bits per heavy atom. The zero-order valence-corrected chi connectivity index (χ0v) is 7.76. The third-order valence-electron chi connectivity index (χ3n) is 1.01. The molecule has 54 valence electrons. The van der Waals surface area contributed by atoms with E-state index in [0.29, 0.717) is 0 Å². The molecule has 0 atom stereocenters. The van der Waals surface area contributed by atoms with Crippen LogP contribution in [-0.4, -0.2) is 11.0 Å². The van der Waals surface area contributed by atoms with Gasteiger partial charge in [-0.1, -0.05) is 29.2 Å². The summed E-state index contributed by atoms with van der Waals surface area (Å²) >= 11 is 2.39. The minimum absolute atomic E-state index is 0.833. The van der Waals surface area contributed by atoms with Gasteiger partial charge in [0.1, 0.15) is 0 Å². The van der Waals surface area contributed by atoms with Gasteiger partial charge in [0.25, 0.3) is 0 Å². The molecule has 0 aromatic rings. The molecule has 0 radical (unpaired) electrons. The van der Waals surface area contributed by atoms with Crippen LogP contribution in [0.5, 0.6) is 0 Å². The van der Waals surface area contributed by atoms with Gasteiger partial charge in [0, 0.05) is 0 Å². The summed E-state index contributed by atoms with van der Waals surface area (Å²) in [5.74, 6) is 0. The first-order valence-electron chi connectivity index (χ1n) is 3.20. The molecule has 0 aliphatic rings. The van der Waals surface area contributed by atoms with Crippen LogP contribution in [0.4, 0.5) is 0 Å². The second-order valence-electron chi connectivity index (χ2n) is 1.79. The highest BCUT2D eigenvalue weighted by molar-refractivity contribution is 14.1. The summed E-state index contributed by atoms with van der Waals surface area (Å²) in [5, 5.41) is 0. The quantitative estimate of drug-likeness (QED) is 0.300. The van der Waals surface area contributed by atoms with Gasteiger partial charge in [-0.15, -0.1) is 0 Å². The molecule has 0 amide bonds. The molecule has 0 aromatic carbocycles. The molecule has 0 heterocycles. The number of hydrogen-bond donors (Lipinski definition) is 0. The molecule has 0 fully saturated rings. The summed E-state index contributed by atoms with van der Waals surface area (Å²) in [5.41, 5.74) is 0. The zero-order valence-electron chi connectivity index (χ0n) is 5.61. The number of hydrogen-bond acceptors (Lipinski definition) is 1. The molecular formula is C7H13IO. The van der Waals surface area contributed by atoms with Gasteiger partial charge in [0.05, 0.1) is 12.9 Å². The van der Waals surface area contributed by atoms with E-state index in [1.165, 1.54) is 23.5 Å². The number of alkyl halides is 1. The summed E-state index contributed by atoms with van der Waals surface area (Å²) in [6, 6.07) is 0. The Balaban J connectivity index is 2.66. The number of rotatable bonds is 6. The molecule has 0 unspecified atom stereocenters. The lowest BCUT2D eigenvalue weighted by molar-refractivity contribution is 0.243. The van der Waals surface area contributed by atoms with Crippen LogP contribution in [0, 0.1) is 0 Å². The van der Waals surface area contributed by atoms with Crippen molar-refractivity contribution < 1.29 is 4.74 Å². The fourth-order valence-electron chi connectivity index (χ4n) is 0.540. The fourth-order valence-corrected chi connectivity index (χ4v) is 1.08. The second-order valence-corrected chi connectivity index (χ2v) is 2.87. The highest BCUT2D eigenvalue weighted by Gasteiger charge is 1.85. The van der Waals surface area contributed by atoms with E-state index in [9.17, 15) is 0 Å². The second kappa shape index (κ2) is 8.27. The Labute approximate surface area is 70.6 Å². The summed E-state index contributed by atoms with van der Waals surface area (Å²) in [7, 11) is 0. The topological polar surface area (TPSA) is 9.23 Å². The Hall–Kier alpha value is 0.270. The van der Waals surface area contributed by atoms with Gasteiger partial charge in [-0.25, -0.2) is 0 Å². The van der Waals surface area contributed by atoms with Crippen LogP contribution >= 0.6 is 22.6 Å². The molecule has 0 N–H and O–H groups in total. The van der Waals surface area contributed by atoms with E-state index in [0.717, 1.165) is 13.0 Å². The Bertz CT molecular complexity index is 63.9. The number of unbranched alkanes of at least 4 members (excludes halogenated alkanes) is 2. The van der Waals surface area contributed by atoms with Crippen LogP contribution in [0.25, 0.3) is 0 Å². The maximum atomic E-state index is 4.94. The number of halogens is 1. The molecule has 0 rings (SSSR count). The van der Waals surface area contributed by atoms with E-state index in [2.05, 4.69) is 29.2 Å². The third-order valence-corrected chi connectivity index (χ3v) is 1.78. The van der Waals surface area contributed by atoms with Gasteiger partial charge in [0.2, 0.25) is 0 Å². The summed E-state index contributed by atoms with van der Waals surface area (Å²) in [6.07, 6.45) is 5.25. The molecule has 0 bridgehead atoms. The Morgan fingerprint density at radius 1 is 1.33 bits per heavy atom. The van der Waals surface area contributed by atoms with Crippen molar-refractivity contribution in [3.8, 4) is 0 Å². The first-order valence-corrected chi connectivity index (χ1v) is 4.73. The predicted octanol–water partition coefficient (Wildman–Crippen LogP) is 2.75. The zero-order chi connectivity index (χ0) is 6.95. The molecule has 0 aromatic heterocycles. The molecule has 0 aliphatic heterocycles. The lowest BCUT2D eigenvalue weighted by Gasteiger charge is -1.97. The van der Waals surface area contributed by atoms with Crippen molar-refractivity contribution in [2.45, 2.75) is 19.3 Å². The largest absolute Gasteiger partial charge is 0.502 e. The molecule has 9 heavy (non-hydrogen) atoms. The van der Waals surface area contributed by atoms with Crippen molar-refractivity contribution in [1.82, 2.24) is 0 Å². The lowest BCUT2D eigenvalue weighted by atomic mass is 10.3. The van der Waals surface area contributed by atoms with Gasteiger partial charge in [0.15, 0.2) is 0 Å². The average Bonchev–Trinajstić information content (AvgIpc) is 1.89. The maximum absolute atomic E-state index is 4.94. The average molecular weight is 240 g/mol. The molecule has 2 heteroatoms. The SMILES string of the molecule is C=COCCCCCI. The number of ether oxygens (including phenoxy) is 1. The monoisotopic (exact) mass is 240 g/mol. The fraction of sp³-hybridized carbons (Fsp3) is 0.714. The summed E-state index contributed by atoms with van der Waals surface area (Å²) in [6.45, 7) is 4.29. The Kier molecular flexibility index (Phi) is 8.52. The van der Waals surface area contributed by atoms with E-state index in [1.54, 1.807) is 0 Å². The molecule has 0 saturated heterocycles. The van der Waals surface area contributed by atoms with E-state index >= 15 is 0 Å². The van der Waals surface area contributed by atoms with E-state index in [-0.39, 0.29) is 0 Å². The summed E-state index contributed by atoms with van der Waals surface area (Å²) < 4.78 is 6.20. The van der Waals surface area contributed by atoms with Crippen LogP contribution in [0.2, 0.25) is 0 Å². The minimum atomic E-state index is 0.833. The van der Waals surface area contributed by atoms with Crippen molar-refractivity contribution in [3.05, 3.63) is 12.8 Å². The predicted molar refractivity (Wildman–Crippen MR) is 48.9 cm³/mol. The van der Waals surface area contributed by atoms with Gasteiger partial charge < -0.3 is 4.74 Å². The molecule has 1 nitrogen and oxygen atoms in total. The van der Waals surface area contributed by atoms with Crippen molar-refractivity contribution in [3.63, 3.8) is 0 Å². The normalized spacial score (nSPS) is 9.00. The van der Waals surface area contributed by atoms with Crippen molar-refractivity contribution >= 4 is 22.6 Å². The first kappa shape index (κ1) is 9.27. The van der Waals surface area contributed by atoms with Gasteiger partial charge in [-0.05, 0) is 23.7 Å². The summed E-state index contributed by atoms with van der Waals surface area (Å²) in [4.78, 5) is 0. The highest BCUT2D eigenvalue weighted by Crippen LogP contribution is 1.98. The maximum Gasteiger partial charge on any atom is 0.0873 e. The van der Waals surface area contributed by atoms with Crippen LogP contribution < -0.4 is 0 Å². The standard InChI is InChI=1S/C7H13IO/c1-2-9-7-5-3-4-6-8/h2H,1,3-7H2. The van der Waals surface area contributed by atoms with Gasteiger partial charge in [-0.2, -0.15) is 0 Å². The van der Waals surface area contributed by atoms with Gasteiger partial charge in [-0.3, -0.25) is 0 Å². The van der Waals surface area contributed by atoms with Gasteiger partial charge >= 0.3 is 0 Å². The molecule has 0 spiro atoms.